The highest BCUT2D eigenvalue weighted by atomic mass is 16.4. The number of nitrogens with one attached hydrogen (secondary N) is 1. The van der Waals surface area contributed by atoms with Crippen LogP contribution in [0.25, 0.3) is 11.3 Å². The second-order valence-electron chi connectivity index (χ2n) is 5.38. The third kappa shape index (κ3) is 2.87. The molecule has 1 aliphatic carbocycles. The topological polar surface area (TPSA) is 123 Å². The quantitative estimate of drug-likeness (QED) is 0.704. The molecule has 3 rings (SSSR count). The van der Waals surface area contributed by atoms with Gasteiger partial charge in [-0.2, -0.15) is 5.10 Å². The fourth-order valence-corrected chi connectivity index (χ4v) is 2.91. The second kappa shape index (κ2) is 6.07. The van der Waals surface area contributed by atoms with Crippen molar-refractivity contribution in [2.75, 3.05) is 6.54 Å². The molecule has 0 aliphatic heterocycles. The minimum Gasteiger partial charge on any atom is -0.477 e. The Kier molecular flexibility index (Phi) is 3.96. The predicted octanol–water partition coefficient (Wildman–Crippen LogP) is 0.800. The van der Waals surface area contributed by atoms with E-state index in [1.54, 1.807) is 12.4 Å². The summed E-state index contributed by atoms with van der Waals surface area (Å²) < 4.78 is 1.51. The minimum atomic E-state index is -0.987. The molecule has 1 aliphatic rings. The number of carbonyl (C=O) groups excluding carboxylic acids is 1. The van der Waals surface area contributed by atoms with Gasteiger partial charge in [0.15, 0.2) is 0 Å². The third-order valence-corrected chi connectivity index (χ3v) is 3.90. The summed E-state index contributed by atoms with van der Waals surface area (Å²) in [6.07, 6.45) is 5.42. The van der Waals surface area contributed by atoms with Crippen molar-refractivity contribution in [1.82, 2.24) is 20.1 Å². The van der Waals surface area contributed by atoms with Crippen LogP contribution in [0.3, 0.4) is 0 Å². The lowest BCUT2D eigenvalue weighted by molar-refractivity contribution is 0.0681. The van der Waals surface area contributed by atoms with Gasteiger partial charge in [0.05, 0.1) is 5.69 Å². The van der Waals surface area contributed by atoms with Gasteiger partial charge in [-0.1, -0.05) is 0 Å². The van der Waals surface area contributed by atoms with E-state index in [2.05, 4.69) is 15.4 Å². The molecule has 2 heterocycles. The first-order valence-electron chi connectivity index (χ1n) is 7.37. The van der Waals surface area contributed by atoms with Crippen molar-refractivity contribution < 1.29 is 14.7 Å². The molecule has 0 atom stereocenters. The number of rotatable bonds is 5. The summed E-state index contributed by atoms with van der Waals surface area (Å²) in [5.41, 5.74) is 8.74. The van der Waals surface area contributed by atoms with E-state index in [-0.39, 0.29) is 5.69 Å². The highest BCUT2D eigenvalue weighted by Gasteiger charge is 2.27. The maximum atomic E-state index is 11.6. The zero-order valence-electron chi connectivity index (χ0n) is 12.5. The number of fused-ring (bicyclic) bond motifs is 3. The molecule has 0 saturated heterocycles. The van der Waals surface area contributed by atoms with Gasteiger partial charge < -0.3 is 16.2 Å². The van der Waals surface area contributed by atoms with Crippen LogP contribution in [0.1, 0.15) is 28.0 Å². The van der Waals surface area contributed by atoms with Crippen LogP contribution >= 0.6 is 0 Å². The third-order valence-electron chi connectivity index (χ3n) is 3.90. The maximum Gasteiger partial charge on any atom is 0.354 e. The molecule has 8 nitrogen and oxygen atoms in total. The number of hydrogen-bond acceptors (Lipinski definition) is 4. The van der Waals surface area contributed by atoms with Gasteiger partial charge in [-0.25, -0.2) is 9.59 Å². The first kappa shape index (κ1) is 15.0. The number of urea groups is 1. The summed E-state index contributed by atoms with van der Waals surface area (Å²) in [5.74, 6) is -0.987. The summed E-state index contributed by atoms with van der Waals surface area (Å²) in [6, 6.07) is 1.27. The second-order valence-corrected chi connectivity index (χ2v) is 5.38. The van der Waals surface area contributed by atoms with Crippen LogP contribution in [-0.2, 0) is 19.4 Å². The molecule has 120 valence electrons. The molecule has 23 heavy (non-hydrogen) atoms. The number of carbonyl (C=O) groups is 2. The standard InChI is InChI=1S/C15H17N5O3/c16-15(23)18-5-1-7-20-13(14(21)22)11-3-2-9-8-17-6-4-10(9)12(11)19-20/h4,6,8H,1-3,5,7H2,(H,21,22)(H3,16,18,23). The molecule has 0 bridgehead atoms. The molecular formula is C15H17N5O3. The van der Waals surface area contributed by atoms with E-state index in [1.165, 1.54) is 4.68 Å². The van der Waals surface area contributed by atoms with Crippen LogP contribution < -0.4 is 11.1 Å². The van der Waals surface area contributed by atoms with Crippen molar-refractivity contribution >= 4 is 12.0 Å². The van der Waals surface area contributed by atoms with Crippen molar-refractivity contribution in [3.8, 4) is 11.3 Å². The van der Waals surface area contributed by atoms with Gasteiger partial charge >= 0.3 is 12.0 Å². The van der Waals surface area contributed by atoms with Gasteiger partial charge in [0.2, 0.25) is 0 Å². The molecule has 2 aromatic heterocycles. The van der Waals surface area contributed by atoms with Crippen molar-refractivity contribution in [2.45, 2.75) is 25.8 Å². The van der Waals surface area contributed by atoms with Crippen molar-refractivity contribution in [3.05, 3.63) is 35.3 Å². The summed E-state index contributed by atoms with van der Waals surface area (Å²) in [5, 5.41) is 16.5. The summed E-state index contributed by atoms with van der Waals surface area (Å²) in [6.45, 7) is 0.773. The van der Waals surface area contributed by atoms with Crippen molar-refractivity contribution in [1.29, 1.82) is 0 Å². The van der Waals surface area contributed by atoms with E-state index in [0.29, 0.717) is 31.6 Å². The molecule has 0 saturated carbocycles. The number of primary amides is 1. The van der Waals surface area contributed by atoms with Crippen LogP contribution in [0.2, 0.25) is 0 Å². The maximum absolute atomic E-state index is 11.6. The predicted molar refractivity (Wildman–Crippen MR) is 82.0 cm³/mol. The molecule has 0 spiro atoms. The number of carboxylic acid groups (broad SMARTS) is 1. The smallest absolute Gasteiger partial charge is 0.354 e. The van der Waals surface area contributed by atoms with E-state index < -0.39 is 12.0 Å². The van der Waals surface area contributed by atoms with Gasteiger partial charge in [-0.15, -0.1) is 0 Å². The van der Waals surface area contributed by atoms with E-state index >= 15 is 0 Å². The molecule has 2 amide bonds. The number of aryl methyl sites for hydroxylation is 2. The first-order valence-corrected chi connectivity index (χ1v) is 7.37. The highest BCUT2D eigenvalue weighted by molar-refractivity contribution is 5.90. The largest absolute Gasteiger partial charge is 0.477 e. The van der Waals surface area contributed by atoms with Crippen LogP contribution in [0, 0.1) is 0 Å². The number of nitrogens with zero attached hydrogens (tertiary/aromatic N) is 3. The number of hydrogen-bond donors (Lipinski definition) is 3. The van der Waals surface area contributed by atoms with Crippen LogP contribution in [-0.4, -0.2) is 38.4 Å². The van der Waals surface area contributed by atoms with Crippen LogP contribution in [0.5, 0.6) is 0 Å². The molecule has 0 radical (unpaired) electrons. The lowest BCUT2D eigenvalue weighted by Crippen LogP contribution is -2.30. The van der Waals surface area contributed by atoms with Gasteiger partial charge in [0.1, 0.15) is 5.69 Å². The number of aromatic nitrogens is 3. The summed E-state index contributed by atoms with van der Waals surface area (Å²) >= 11 is 0. The summed E-state index contributed by atoms with van der Waals surface area (Å²) in [4.78, 5) is 26.4. The Morgan fingerprint density at radius 1 is 1.39 bits per heavy atom. The fourth-order valence-electron chi connectivity index (χ4n) is 2.91. The van der Waals surface area contributed by atoms with Crippen molar-refractivity contribution in [2.24, 2.45) is 5.73 Å². The Morgan fingerprint density at radius 3 is 2.96 bits per heavy atom. The first-order chi connectivity index (χ1) is 11.1. The molecule has 4 N–H and O–H groups in total. The van der Waals surface area contributed by atoms with E-state index in [9.17, 15) is 14.7 Å². The normalized spacial score (nSPS) is 12.3. The average molecular weight is 315 g/mol. The van der Waals surface area contributed by atoms with E-state index in [4.69, 9.17) is 5.73 Å². The zero-order valence-corrected chi connectivity index (χ0v) is 12.5. The fraction of sp³-hybridized carbons (Fsp3) is 0.333. The Morgan fingerprint density at radius 2 is 2.22 bits per heavy atom. The Hall–Kier alpha value is -2.90. The van der Waals surface area contributed by atoms with Gasteiger partial charge in [-0.3, -0.25) is 9.67 Å². The Labute approximate surface area is 132 Å². The Balaban J connectivity index is 1.91. The van der Waals surface area contributed by atoms with Crippen LogP contribution in [0.4, 0.5) is 4.79 Å². The Bertz CT molecular complexity index is 768. The van der Waals surface area contributed by atoms with Crippen molar-refractivity contribution in [3.63, 3.8) is 0 Å². The number of nitrogens with two attached hydrogens (primary N) is 1. The molecular weight excluding hydrogens is 298 g/mol. The number of carboxylic acids is 1. The highest BCUT2D eigenvalue weighted by Crippen LogP contribution is 2.34. The lowest BCUT2D eigenvalue weighted by Gasteiger charge is -2.14. The van der Waals surface area contributed by atoms with E-state index in [0.717, 1.165) is 23.1 Å². The van der Waals surface area contributed by atoms with Gasteiger partial charge in [-0.05, 0) is 30.9 Å². The summed E-state index contributed by atoms with van der Waals surface area (Å²) in [7, 11) is 0. The number of pyridine rings is 1. The molecule has 0 aromatic carbocycles. The zero-order chi connectivity index (χ0) is 16.4. The molecule has 8 heteroatoms. The average Bonchev–Trinajstić information content (AvgIpc) is 2.90. The van der Waals surface area contributed by atoms with Gasteiger partial charge in [0.25, 0.3) is 0 Å². The number of aromatic carboxylic acids is 1. The monoisotopic (exact) mass is 315 g/mol. The van der Waals surface area contributed by atoms with Gasteiger partial charge in [0, 0.05) is 36.6 Å². The minimum absolute atomic E-state index is 0.224. The SMILES string of the molecule is NC(=O)NCCCn1nc2c(c1C(=O)O)CCc1cnccc1-2. The van der Waals surface area contributed by atoms with Crippen LogP contribution in [0.15, 0.2) is 18.5 Å². The molecule has 2 aromatic rings. The molecule has 0 unspecified atom stereocenters. The number of amides is 2. The molecule has 0 fully saturated rings. The van der Waals surface area contributed by atoms with E-state index in [1.807, 2.05) is 6.07 Å². The lowest BCUT2D eigenvalue weighted by atomic mass is 9.90.